The summed E-state index contributed by atoms with van der Waals surface area (Å²) in [4.78, 5) is 6.51. The maximum atomic E-state index is 13.8. The Balaban J connectivity index is 1.59. The van der Waals surface area contributed by atoms with Crippen LogP contribution in [0.25, 0.3) is 11.3 Å². The summed E-state index contributed by atoms with van der Waals surface area (Å²) in [5, 5.41) is 20.6. The topological polar surface area (TPSA) is 74.2 Å². The zero-order valence-corrected chi connectivity index (χ0v) is 12.8. The van der Waals surface area contributed by atoms with Crippen LogP contribution in [0.5, 0.6) is 0 Å². The molecule has 1 aromatic heterocycles. The van der Waals surface area contributed by atoms with Gasteiger partial charge < -0.3 is 10.4 Å². The molecule has 1 saturated heterocycles. The first-order valence-electron chi connectivity index (χ1n) is 7.81. The molecule has 6 nitrogen and oxygen atoms in total. The summed E-state index contributed by atoms with van der Waals surface area (Å²) in [6.07, 6.45) is 3.11. The highest BCUT2D eigenvalue weighted by molar-refractivity contribution is 5.59. The minimum Gasteiger partial charge on any atom is -0.392 e. The van der Waals surface area contributed by atoms with E-state index >= 15 is 0 Å². The lowest BCUT2D eigenvalue weighted by atomic mass is 10.1. The second-order valence-electron chi connectivity index (χ2n) is 5.67. The fourth-order valence-corrected chi connectivity index (χ4v) is 2.74. The van der Waals surface area contributed by atoms with E-state index in [0.29, 0.717) is 30.3 Å². The highest BCUT2D eigenvalue weighted by Gasteiger charge is 2.17. The van der Waals surface area contributed by atoms with Gasteiger partial charge in [0.15, 0.2) is 0 Å². The second kappa shape index (κ2) is 7.43. The highest BCUT2D eigenvalue weighted by atomic mass is 19.1. The third kappa shape index (κ3) is 4.20. The van der Waals surface area contributed by atoms with Crippen molar-refractivity contribution in [1.29, 1.82) is 0 Å². The molecule has 1 aromatic carbocycles. The number of hydrogen-bond acceptors (Lipinski definition) is 6. The number of aliphatic hydroxyl groups excluding tert-OH is 1. The monoisotopic (exact) mass is 317 g/mol. The van der Waals surface area contributed by atoms with Crippen LogP contribution in [0.3, 0.4) is 0 Å². The molecule has 0 amide bonds. The Hall–Kier alpha value is -2.12. The first-order chi connectivity index (χ1) is 11.2. The van der Waals surface area contributed by atoms with E-state index in [9.17, 15) is 9.50 Å². The number of β-amino-alcohol motifs (C(OH)–C–C–N with tert-alkyl or cyclic N) is 1. The predicted octanol–water partition coefficient (Wildman–Crippen LogP) is 1.55. The summed E-state index contributed by atoms with van der Waals surface area (Å²) >= 11 is 0. The quantitative estimate of drug-likeness (QED) is 0.871. The maximum absolute atomic E-state index is 13.8. The van der Waals surface area contributed by atoms with Crippen LogP contribution >= 0.6 is 0 Å². The van der Waals surface area contributed by atoms with Crippen molar-refractivity contribution in [2.45, 2.75) is 18.9 Å². The van der Waals surface area contributed by atoms with Crippen molar-refractivity contribution in [2.24, 2.45) is 0 Å². The Bertz CT molecular complexity index is 654. The van der Waals surface area contributed by atoms with Crippen molar-refractivity contribution >= 4 is 5.95 Å². The van der Waals surface area contributed by atoms with Gasteiger partial charge in [0.25, 0.3) is 0 Å². The van der Waals surface area contributed by atoms with E-state index in [1.165, 1.54) is 12.3 Å². The Morgan fingerprint density at radius 2 is 2.22 bits per heavy atom. The molecule has 2 N–H and O–H groups in total. The molecule has 2 aromatic rings. The Kier molecular flexibility index (Phi) is 5.09. The van der Waals surface area contributed by atoms with E-state index in [1.807, 2.05) is 0 Å². The number of nitrogens with zero attached hydrogens (tertiary/aromatic N) is 4. The number of hydrogen-bond donors (Lipinski definition) is 2. The number of rotatable bonds is 5. The van der Waals surface area contributed by atoms with Crippen molar-refractivity contribution < 1.29 is 9.50 Å². The van der Waals surface area contributed by atoms with Gasteiger partial charge in [0, 0.05) is 25.2 Å². The van der Waals surface area contributed by atoms with Crippen LogP contribution in [-0.4, -0.2) is 57.5 Å². The van der Waals surface area contributed by atoms with Gasteiger partial charge in [0.05, 0.1) is 18.0 Å². The zero-order chi connectivity index (χ0) is 16.1. The molecule has 0 unspecified atom stereocenters. The Labute approximate surface area is 134 Å². The normalized spacial score (nSPS) is 18.8. The standard InChI is InChI=1S/C16H20FN5O/c17-14-6-2-1-5-13(14)15-10-19-21-16(20-15)18-7-9-22-8-3-4-12(23)11-22/h1-2,5-6,10,12,23H,3-4,7-9,11H2,(H,18,20,21)/t12-/m1/s1. The van der Waals surface area contributed by atoms with Gasteiger partial charge in [-0.1, -0.05) is 12.1 Å². The third-order valence-corrected chi connectivity index (χ3v) is 3.90. The first kappa shape index (κ1) is 15.8. The lowest BCUT2D eigenvalue weighted by Crippen LogP contribution is -2.40. The number of likely N-dealkylation sites (tertiary alicyclic amines) is 1. The highest BCUT2D eigenvalue weighted by Crippen LogP contribution is 2.19. The summed E-state index contributed by atoms with van der Waals surface area (Å²) in [6, 6.07) is 6.46. The third-order valence-electron chi connectivity index (χ3n) is 3.90. The minimum absolute atomic E-state index is 0.231. The SMILES string of the molecule is O[C@@H]1CCCN(CCNc2nncc(-c3ccccc3F)n2)C1. The number of halogens is 1. The van der Waals surface area contributed by atoms with Crippen molar-refractivity contribution in [3.8, 4) is 11.3 Å². The average Bonchev–Trinajstić information content (AvgIpc) is 2.56. The summed E-state index contributed by atoms with van der Waals surface area (Å²) in [5.41, 5.74) is 0.860. The number of anilines is 1. The fraction of sp³-hybridized carbons (Fsp3) is 0.438. The van der Waals surface area contributed by atoms with Gasteiger partial charge in [0.2, 0.25) is 5.95 Å². The second-order valence-corrected chi connectivity index (χ2v) is 5.67. The molecule has 122 valence electrons. The van der Waals surface area contributed by atoms with Crippen LogP contribution in [0.1, 0.15) is 12.8 Å². The number of aliphatic hydroxyl groups is 1. The van der Waals surface area contributed by atoms with Gasteiger partial charge in [-0.05, 0) is 31.5 Å². The van der Waals surface area contributed by atoms with E-state index in [0.717, 1.165) is 25.9 Å². The van der Waals surface area contributed by atoms with Crippen LogP contribution in [-0.2, 0) is 0 Å². The van der Waals surface area contributed by atoms with Crippen molar-refractivity contribution in [1.82, 2.24) is 20.1 Å². The van der Waals surface area contributed by atoms with Crippen molar-refractivity contribution in [3.63, 3.8) is 0 Å². The van der Waals surface area contributed by atoms with Gasteiger partial charge in [0.1, 0.15) is 5.82 Å². The number of aromatic nitrogens is 3. The number of piperidine rings is 1. The zero-order valence-electron chi connectivity index (χ0n) is 12.8. The molecule has 0 spiro atoms. The van der Waals surface area contributed by atoms with E-state index in [4.69, 9.17) is 0 Å². The minimum atomic E-state index is -0.332. The van der Waals surface area contributed by atoms with E-state index in [1.54, 1.807) is 18.2 Å². The molecule has 1 fully saturated rings. The van der Waals surface area contributed by atoms with Crippen LogP contribution < -0.4 is 5.32 Å². The van der Waals surface area contributed by atoms with E-state index < -0.39 is 0 Å². The van der Waals surface area contributed by atoms with Crippen LogP contribution in [0.4, 0.5) is 10.3 Å². The Morgan fingerprint density at radius 1 is 1.35 bits per heavy atom. The molecule has 0 aliphatic carbocycles. The molecular weight excluding hydrogens is 297 g/mol. The molecule has 2 heterocycles. The summed E-state index contributed by atoms with van der Waals surface area (Å²) in [5.74, 6) is 0.0459. The lowest BCUT2D eigenvalue weighted by molar-refractivity contribution is 0.0730. The summed E-state index contributed by atoms with van der Waals surface area (Å²) in [7, 11) is 0. The van der Waals surface area contributed by atoms with Crippen LogP contribution in [0, 0.1) is 5.82 Å². The lowest BCUT2D eigenvalue weighted by Gasteiger charge is -2.29. The molecule has 0 radical (unpaired) electrons. The Morgan fingerprint density at radius 3 is 3.04 bits per heavy atom. The largest absolute Gasteiger partial charge is 0.392 e. The predicted molar refractivity (Wildman–Crippen MR) is 85.4 cm³/mol. The molecular formula is C16H20FN5O. The summed E-state index contributed by atoms with van der Waals surface area (Å²) in [6.45, 7) is 3.14. The fourth-order valence-electron chi connectivity index (χ4n) is 2.74. The van der Waals surface area contributed by atoms with Gasteiger partial charge in [-0.3, -0.25) is 4.90 Å². The molecule has 0 bridgehead atoms. The van der Waals surface area contributed by atoms with Gasteiger partial charge in [-0.25, -0.2) is 9.37 Å². The average molecular weight is 317 g/mol. The molecule has 0 saturated carbocycles. The molecule has 23 heavy (non-hydrogen) atoms. The number of nitrogens with one attached hydrogen (secondary N) is 1. The van der Waals surface area contributed by atoms with Crippen LogP contribution in [0.2, 0.25) is 0 Å². The molecule has 7 heteroatoms. The first-order valence-corrected chi connectivity index (χ1v) is 7.81. The number of benzene rings is 1. The van der Waals surface area contributed by atoms with Crippen LogP contribution in [0.15, 0.2) is 30.5 Å². The van der Waals surface area contributed by atoms with Gasteiger partial charge >= 0.3 is 0 Å². The smallest absolute Gasteiger partial charge is 0.243 e. The molecule has 1 aliphatic rings. The summed E-state index contributed by atoms with van der Waals surface area (Å²) < 4.78 is 13.8. The molecule has 3 rings (SSSR count). The van der Waals surface area contributed by atoms with Crippen molar-refractivity contribution in [3.05, 3.63) is 36.3 Å². The molecule has 1 atom stereocenters. The van der Waals surface area contributed by atoms with Crippen molar-refractivity contribution in [2.75, 3.05) is 31.5 Å². The molecule has 1 aliphatic heterocycles. The van der Waals surface area contributed by atoms with Gasteiger partial charge in [-0.2, -0.15) is 5.10 Å². The van der Waals surface area contributed by atoms with E-state index in [-0.39, 0.29) is 11.9 Å². The van der Waals surface area contributed by atoms with E-state index in [2.05, 4.69) is 25.4 Å². The van der Waals surface area contributed by atoms with Gasteiger partial charge in [-0.15, -0.1) is 5.10 Å². The maximum Gasteiger partial charge on any atom is 0.243 e.